The van der Waals surface area contributed by atoms with Gasteiger partial charge in [-0.25, -0.2) is 0 Å². The van der Waals surface area contributed by atoms with Gasteiger partial charge in [0.2, 0.25) is 0 Å². The van der Waals surface area contributed by atoms with E-state index < -0.39 is 0 Å². The summed E-state index contributed by atoms with van der Waals surface area (Å²) in [4.78, 5) is 0. The summed E-state index contributed by atoms with van der Waals surface area (Å²) in [6, 6.07) is 0. The summed E-state index contributed by atoms with van der Waals surface area (Å²) in [5.41, 5.74) is 6.64. The molecule has 0 rings (SSSR count). The Morgan fingerprint density at radius 1 is 1.35 bits per heavy atom. The first-order valence-electron chi connectivity index (χ1n) is 6.65. The van der Waals surface area contributed by atoms with Crippen LogP contribution in [0.3, 0.4) is 0 Å². The fourth-order valence-corrected chi connectivity index (χ4v) is 1.59. The van der Waals surface area contributed by atoms with E-state index in [4.69, 9.17) is 5.73 Å². The summed E-state index contributed by atoms with van der Waals surface area (Å²) >= 11 is 0. The minimum atomic E-state index is 0.661. The quantitative estimate of drug-likeness (QED) is 0.347. The Morgan fingerprint density at radius 2 is 2.12 bits per heavy atom. The van der Waals surface area contributed by atoms with E-state index in [1.165, 1.54) is 19.3 Å². The number of nitrogens with two attached hydrogens (primary N) is 1. The van der Waals surface area contributed by atoms with E-state index in [2.05, 4.69) is 38.7 Å². The summed E-state index contributed by atoms with van der Waals surface area (Å²) in [6.45, 7) is 8.08. The van der Waals surface area contributed by atoms with Gasteiger partial charge in [-0.05, 0) is 50.2 Å². The predicted molar refractivity (Wildman–Crippen MR) is 78.7 cm³/mol. The van der Waals surface area contributed by atoms with Crippen molar-refractivity contribution in [1.29, 1.82) is 0 Å². The maximum absolute atomic E-state index is 5.82. The largest absolute Gasteiger partial charge is 0.399 e. The lowest BCUT2D eigenvalue weighted by Crippen LogP contribution is -1.94. The first-order chi connectivity index (χ1) is 8.24. The molecule has 0 saturated heterocycles. The van der Waals surface area contributed by atoms with Gasteiger partial charge in [-0.1, -0.05) is 38.2 Å². The molecular formula is C16H27N. The Bertz CT molecular complexity index is 271. The van der Waals surface area contributed by atoms with Crippen LogP contribution in [0.1, 0.15) is 46.0 Å². The van der Waals surface area contributed by atoms with Crippen molar-refractivity contribution < 1.29 is 0 Å². The molecule has 0 aromatic rings. The van der Waals surface area contributed by atoms with E-state index in [-0.39, 0.29) is 0 Å². The van der Waals surface area contributed by atoms with Gasteiger partial charge in [0.1, 0.15) is 0 Å². The number of hydrogen-bond donors (Lipinski definition) is 1. The molecule has 17 heavy (non-hydrogen) atoms. The molecule has 0 amide bonds. The summed E-state index contributed by atoms with van der Waals surface area (Å²) in [5, 5.41) is 0. The van der Waals surface area contributed by atoms with Crippen LogP contribution in [0, 0.1) is 5.92 Å². The molecule has 0 heterocycles. The highest BCUT2D eigenvalue weighted by Gasteiger charge is 1.99. The van der Waals surface area contributed by atoms with Gasteiger partial charge >= 0.3 is 0 Å². The zero-order valence-corrected chi connectivity index (χ0v) is 11.4. The normalized spacial score (nSPS) is 14.6. The third kappa shape index (κ3) is 9.68. The van der Waals surface area contributed by atoms with Crippen LogP contribution in [0.4, 0.5) is 0 Å². The Morgan fingerprint density at radius 3 is 2.71 bits per heavy atom. The molecule has 0 fully saturated rings. The van der Waals surface area contributed by atoms with Gasteiger partial charge in [-0.15, -0.1) is 6.58 Å². The highest BCUT2D eigenvalue weighted by Crippen LogP contribution is 2.14. The molecule has 0 aliphatic carbocycles. The molecule has 0 aromatic carbocycles. The van der Waals surface area contributed by atoms with E-state index in [1.54, 1.807) is 0 Å². The monoisotopic (exact) mass is 233 g/mol. The molecule has 2 N–H and O–H groups in total. The van der Waals surface area contributed by atoms with Crippen molar-refractivity contribution in [2.24, 2.45) is 11.7 Å². The molecule has 1 atom stereocenters. The predicted octanol–water partition coefficient (Wildman–Crippen LogP) is 4.73. The van der Waals surface area contributed by atoms with Crippen molar-refractivity contribution >= 4 is 0 Å². The van der Waals surface area contributed by atoms with Crippen molar-refractivity contribution in [3.8, 4) is 0 Å². The maximum Gasteiger partial charge on any atom is 0.0310 e. The molecule has 0 spiro atoms. The van der Waals surface area contributed by atoms with Crippen LogP contribution in [0.5, 0.6) is 0 Å². The molecule has 1 heteroatoms. The second-order valence-corrected chi connectivity index (χ2v) is 4.25. The van der Waals surface area contributed by atoms with E-state index in [1.807, 2.05) is 18.2 Å². The zero-order chi connectivity index (χ0) is 12.9. The second-order valence-electron chi connectivity index (χ2n) is 4.25. The maximum atomic E-state index is 5.82. The van der Waals surface area contributed by atoms with Crippen LogP contribution < -0.4 is 5.73 Å². The molecule has 0 radical (unpaired) electrons. The highest BCUT2D eigenvalue weighted by atomic mass is 14.5. The molecule has 0 saturated carbocycles. The van der Waals surface area contributed by atoms with Gasteiger partial charge in [0.25, 0.3) is 0 Å². The Balaban J connectivity index is 4.08. The number of allylic oxidation sites excluding steroid dienone is 6. The van der Waals surface area contributed by atoms with Crippen LogP contribution in [0.2, 0.25) is 0 Å². The standard InChI is InChI=1S/C16H27N/c1-4-7-9-11-15(6-3)12-10-14-16(17)13-8-5-2/h4,8,10,12-15H,1,5-7,9,11,17H2,2-3H3/b12-10+,13-8-,16-14+. The van der Waals surface area contributed by atoms with Gasteiger partial charge < -0.3 is 5.73 Å². The Labute approximate surface area is 107 Å². The van der Waals surface area contributed by atoms with Crippen LogP contribution >= 0.6 is 0 Å². The van der Waals surface area contributed by atoms with E-state index in [0.717, 1.165) is 18.5 Å². The lowest BCUT2D eigenvalue weighted by molar-refractivity contribution is 0.549. The third-order valence-corrected chi connectivity index (χ3v) is 2.73. The van der Waals surface area contributed by atoms with Crippen LogP contribution in [0.15, 0.2) is 48.7 Å². The van der Waals surface area contributed by atoms with Crippen molar-refractivity contribution in [3.63, 3.8) is 0 Å². The molecule has 0 aliphatic heterocycles. The van der Waals surface area contributed by atoms with Crippen molar-refractivity contribution in [1.82, 2.24) is 0 Å². The van der Waals surface area contributed by atoms with Gasteiger partial charge in [0.15, 0.2) is 0 Å². The summed E-state index contributed by atoms with van der Waals surface area (Å²) in [6.07, 6.45) is 18.1. The fraction of sp³-hybridized carbons (Fsp3) is 0.500. The first-order valence-corrected chi connectivity index (χ1v) is 6.65. The SMILES string of the molecule is C=CCCCC(/C=C/C=C(N)\C=C/CC)CC. The van der Waals surface area contributed by atoms with Gasteiger partial charge in [0, 0.05) is 5.70 Å². The first kappa shape index (κ1) is 15.8. The molecule has 0 aromatic heterocycles. The topological polar surface area (TPSA) is 26.0 Å². The molecule has 1 unspecified atom stereocenters. The third-order valence-electron chi connectivity index (χ3n) is 2.73. The van der Waals surface area contributed by atoms with Crippen LogP contribution in [-0.4, -0.2) is 0 Å². The minimum absolute atomic E-state index is 0.661. The Hall–Kier alpha value is -1.24. The van der Waals surface area contributed by atoms with Crippen LogP contribution in [0.25, 0.3) is 0 Å². The van der Waals surface area contributed by atoms with Crippen molar-refractivity contribution in [2.45, 2.75) is 46.0 Å². The Kier molecular flexibility index (Phi) is 10.4. The minimum Gasteiger partial charge on any atom is -0.399 e. The fourth-order valence-electron chi connectivity index (χ4n) is 1.59. The lowest BCUT2D eigenvalue weighted by atomic mass is 9.98. The van der Waals surface area contributed by atoms with Crippen LogP contribution in [-0.2, 0) is 0 Å². The van der Waals surface area contributed by atoms with Gasteiger partial charge in [-0.3, -0.25) is 0 Å². The van der Waals surface area contributed by atoms with E-state index in [0.29, 0.717) is 5.92 Å². The average Bonchev–Trinajstić information content (AvgIpc) is 2.34. The summed E-state index contributed by atoms with van der Waals surface area (Å²) < 4.78 is 0. The molecule has 0 aliphatic rings. The molecule has 0 bridgehead atoms. The van der Waals surface area contributed by atoms with E-state index >= 15 is 0 Å². The molecule has 96 valence electrons. The second kappa shape index (κ2) is 11.3. The van der Waals surface area contributed by atoms with Crippen molar-refractivity contribution in [2.75, 3.05) is 0 Å². The molecular weight excluding hydrogens is 206 g/mol. The van der Waals surface area contributed by atoms with E-state index in [9.17, 15) is 0 Å². The average molecular weight is 233 g/mol. The zero-order valence-electron chi connectivity index (χ0n) is 11.4. The number of rotatable bonds is 9. The number of hydrogen-bond acceptors (Lipinski definition) is 1. The van der Waals surface area contributed by atoms with Crippen molar-refractivity contribution in [3.05, 3.63) is 48.7 Å². The van der Waals surface area contributed by atoms with Gasteiger partial charge in [-0.2, -0.15) is 0 Å². The van der Waals surface area contributed by atoms with Gasteiger partial charge in [0.05, 0.1) is 0 Å². The molecule has 1 nitrogen and oxygen atoms in total. The highest BCUT2D eigenvalue weighted by molar-refractivity contribution is 5.20. The summed E-state index contributed by atoms with van der Waals surface area (Å²) in [5.74, 6) is 0.661. The smallest absolute Gasteiger partial charge is 0.0310 e. The number of unbranched alkanes of at least 4 members (excludes halogenated alkanes) is 1. The lowest BCUT2D eigenvalue weighted by Gasteiger charge is -2.07. The summed E-state index contributed by atoms with van der Waals surface area (Å²) in [7, 11) is 0.